The number of likely N-dealkylation sites (N-methyl/N-ethyl adjacent to an activating group) is 1. The lowest BCUT2D eigenvalue weighted by Gasteiger charge is -2.45. The zero-order valence-electron chi connectivity index (χ0n) is 19.8. The molecular weight excluding hydrogens is 453 g/mol. The van der Waals surface area contributed by atoms with Crippen LogP contribution in [-0.2, 0) is 17.2 Å². The van der Waals surface area contributed by atoms with Gasteiger partial charge in [0.2, 0.25) is 0 Å². The molecule has 2 heterocycles. The van der Waals surface area contributed by atoms with Crippen molar-refractivity contribution < 1.29 is 22.5 Å². The van der Waals surface area contributed by atoms with Crippen LogP contribution in [0.4, 0.5) is 19.0 Å². The van der Waals surface area contributed by atoms with Gasteiger partial charge >= 0.3 is 6.18 Å². The topological polar surface area (TPSA) is 59.9 Å². The van der Waals surface area contributed by atoms with Gasteiger partial charge in [0, 0.05) is 43.5 Å². The summed E-state index contributed by atoms with van der Waals surface area (Å²) in [6.45, 7) is 6.70. The van der Waals surface area contributed by atoms with Crippen LogP contribution < -0.4 is 4.90 Å². The van der Waals surface area contributed by atoms with Gasteiger partial charge in [-0.3, -0.25) is 0 Å². The van der Waals surface area contributed by atoms with Gasteiger partial charge in [0.25, 0.3) is 0 Å². The van der Waals surface area contributed by atoms with Crippen LogP contribution in [0.3, 0.4) is 0 Å². The quantitative estimate of drug-likeness (QED) is 0.667. The van der Waals surface area contributed by atoms with Crippen molar-refractivity contribution >= 4 is 16.8 Å². The summed E-state index contributed by atoms with van der Waals surface area (Å²) in [5, 5.41) is 10.9. The van der Waals surface area contributed by atoms with Crippen LogP contribution >= 0.6 is 0 Å². The van der Waals surface area contributed by atoms with Crippen molar-refractivity contribution in [1.82, 2.24) is 14.2 Å². The molecule has 2 saturated carbocycles. The van der Waals surface area contributed by atoms with Gasteiger partial charge in [0.1, 0.15) is 5.82 Å². The third-order valence-electron chi connectivity index (χ3n) is 8.43. The van der Waals surface area contributed by atoms with Crippen LogP contribution in [0.25, 0.3) is 0 Å². The summed E-state index contributed by atoms with van der Waals surface area (Å²) in [7, 11) is 2.66. The van der Waals surface area contributed by atoms with E-state index in [1.54, 1.807) is 0 Å². The molecule has 1 aromatic rings. The Kier molecular flexibility index (Phi) is 6.61. The Morgan fingerprint density at radius 2 is 2.00 bits per heavy atom. The molecule has 0 spiro atoms. The molecule has 2 bridgehead atoms. The van der Waals surface area contributed by atoms with Crippen molar-refractivity contribution in [2.45, 2.75) is 51.4 Å². The minimum Gasteiger partial charge on any atom is -0.392 e. The predicted molar refractivity (Wildman–Crippen MR) is 123 cm³/mol. The fraction of sp³-hybridized carbons (Fsp3) is 0.783. The molecule has 1 aromatic heterocycles. The summed E-state index contributed by atoms with van der Waals surface area (Å²) in [5.41, 5.74) is -1.12. The van der Waals surface area contributed by atoms with Crippen molar-refractivity contribution in [3.05, 3.63) is 23.9 Å². The molecule has 2 aliphatic carbocycles. The van der Waals surface area contributed by atoms with Crippen LogP contribution in [0.2, 0.25) is 0 Å². The van der Waals surface area contributed by atoms with Gasteiger partial charge in [0.05, 0.1) is 28.7 Å². The van der Waals surface area contributed by atoms with E-state index < -0.39 is 28.8 Å². The number of halogens is 3. The maximum atomic E-state index is 13.7. The normalized spacial score (nSPS) is 33.1. The van der Waals surface area contributed by atoms with Crippen molar-refractivity contribution in [2.75, 3.05) is 50.9 Å². The van der Waals surface area contributed by atoms with E-state index in [-0.39, 0.29) is 16.9 Å². The highest BCUT2D eigenvalue weighted by atomic mass is 32.2. The second kappa shape index (κ2) is 8.77. The predicted octanol–water partition coefficient (Wildman–Crippen LogP) is 3.00. The number of aliphatic hydroxyl groups is 1. The number of fused-ring (bicyclic) bond motifs is 2. The molecule has 4 rings (SSSR count). The van der Waals surface area contributed by atoms with Gasteiger partial charge in [-0.15, -0.1) is 0 Å². The maximum absolute atomic E-state index is 13.7. The molecule has 186 valence electrons. The molecule has 0 aromatic carbocycles. The van der Waals surface area contributed by atoms with Crippen molar-refractivity contribution in [2.24, 2.45) is 16.7 Å². The molecule has 33 heavy (non-hydrogen) atoms. The summed E-state index contributed by atoms with van der Waals surface area (Å²) in [4.78, 5) is 8.07. The van der Waals surface area contributed by atoms with Gasteiger partial charge < -0.3 is 14.9 Å². The Bertz CT molecular complexity index is 879. The average molecular weight is 489 g/mol. The highest BCUT2D eigenvalue weighted by Gasteiger charge is 2.64. The molecule has 1 aliphatic heterocycles. The number of aromatic nitrogens is 1. The van der Waals surface area contributed by atoms with E-state index in [0.717, 1.165) is 31.5 Å². The van der Waals surface area contributed by atoms with Crippen molar-refractivity contribution in [3.63, 3.8) is 0 Å². The third-order valence-corrected chi connectivity index (χ3v) is 10.2. The van der Waals surface area contributed by atoms with Gasteiger partial charge in [-0.2, -0.15) is 13.2 Å². The average Bonchev–Trinajstić information content (AvgIpc) is 3.07. The second-order valence-electron chi connectivity index (χ2n) is 10.7. The van der Waals surface area contributed by atoms with E-state index in [4.69, 9.17) is 0 Å². The molecule has 3 aliphatic rings. The molecule has 1 saturated heterocycles. The Labute approximate surface area is 196 Å². The number of rotatable bonds is 6. The smallest absolute Gasteiger partial charge is 0.392 e. The van der Waals surface area contributed by atoms with E-state index >= 15 is 0 Å². The summed E-state index contributed by atoms with van der Waals surface area (Å²) in [5.74, 6) is 1.44. The van der Waals surface area contributed by atoms with E-state index in [2.05, 4.69) is 18.8 Å². The molecule has 5 atom stereocenters. The number of aliphatic hydroxyl groups excluding tert-OH is 1. The first-order valence-electron chi connectivity index (χ1n) is 11.6. The van der Waals surface area contributed by atoms with E-state index in [1.165, 1.54) is 6.07 Å². The van der Waals surface area contributed by atoms with Crippen LogP contribution in [0, 0.1) is 16.7 Å². The Morgan fingerprint density at radius 1 is 1.27 bits per heavy atom. The minimum absolute atomic E-state index is 0.0366. The van der Waals surface area contributed by atoms with Crippen LogP contribution in [-0.4, -0.2) is 81.7 Å². The lowest BCUT2D eigenvalue weighted by atomic mass is 9.70. The van der Waals surface area contributed by atoms with Gasteiger partial charge in [-0.25, -0.2) is 13.5 Å². The molecule has 1 N–H and O–H groups in total. The first-order chi connectivity index (χ1) is 15.3. The van der Waals surface area contributed by atoms with Gasteiger partial charge in [0.15, 0.2) is 0 Å². The van der Waals surface area contributed by atoms with Gasteiger partial charge in [-0.1, -0.05) is 13.8 Å². The highest BCUT2D eigenvalue weighted by molar-refractivity contribution is 7.82. The SMILES string of the molecule is CN(C)CC1CN(c2ccc(C(F)(F)F)cn2)CCN1S(=O)C[C@]12CC[C@H](CC1O)C2(C)C. The van der Waals surface area contributed by atoms with Crippen molar-refractivity contribution in [3.8, 4) is 0 Å². The maximum Gasteiger partial charge on any atom is 0.417 e. The lowest BCUT2D eigenvalue weighted by Crippen LogP contribution is -2.58. The van der Waals surface area contributed by atoms with E-state index in [1.807, 2.05) is 28.2 Å². The molecule has 10 heteroatoms. The molecule has 6 nitrogen and oxygen atoms in total. The van der Waals surface area contributed by atoms with Crippen LogP contribution in [0.5, 0.6) is 0 Å². The monoisotopic (exact) mass is 488 g/mol. The number of hydrogen-bond donors (Lipinski definition) is 1. The summed E-state index contributed by atoms with van der Waals surface area (Å²) in [6, 6.07) is 2.42. The first-order valence-corrected chi connectivity index (χ1v) is 12.9. The molecule has 0 radical (unpaired) electrons. The first kappa shape index (κ1) is 24.9. The minimum atomic E-state index is -4.41. The fourth-order valence-corrected chi connectivity index (χ4v) is 8.37. The van der Waals surface area contributed by atoms with E-state index in [9.17, 15) is 22.5 Å². The zero-order chi connectivity index (χ0) is 24.2. The number of anilines is 1. The van der Waals surface area contributed by atoms with Crippen LogP contribution in [0.15, 0.2) is 18.3 Å². The number of pyridine rings is 1. The van der Waals surface area contributed by atoms with Crippen LogP contribution in [0.1, 0.15) is 38.7 Å². The summed E-state index contributed by atoms with van der Waals surface area (Å²) >= 11 is 0. The summed E-state index contributed by atoms with van der Waals surface area (Å²) < 4.78 is 54.4. The Hall–Kier alpha value is -1.23. The van der Waals surface area contributed by atoms with Crippen molar-refractivity contribution in [1.29, 1.82) is 0 Å². The number of hydrogen-bond acceptors (Lipinski definition) is 5. The molecular formula is C23H35F3N4O2S. The second-order valence-corrected chi connectivity index (χ2v) is 12.1. The standard InChI is InChI=1S/C23H35F3N4O2S/c1-21(2)16-7-8-22(21,19(31)11-16)15-33(32)30-10-9-29(14-18(30)13-28(3)4)20-6-5-17(12-27-20)23(24,25)26/h5-6,12,16,18-19,31H,7-11,13-15H2,1-4H3/t16-,18?,19?,22-,33?/m1/s1. The number of alkyl halides is 3. The zero-order valence-corrected chi connectivity index (χ0v) is 20.6. The number of nitrogens with zero attached hydrogens (tertiary/aromatic N) is 4. The molecule has 0 amide bonds. The molecule has 3 fully saturated rings. The number of piperazine rings is 1. The summed E-state index contributed by atoms with van der Waals surface area (Å²) in [6.07, 6.45) is -1.17. The third kappa shape index (κ3) is 4.44. The Balaban J connectivity index is 1.50. The van der Waals surface area contributed by atoms with Gasteiger partial charge in [-0.05, 0) is 56.8 Å². The molecule has 3 unspecified atom stereocenters. The fourth-order valence-electron chi connectivity index (χ4n) is 6.31. The Morgan fingerprint density at radius 3 is 2.52 bits per heavy atom. The van der Waals surface area contributed by atoms with E-state index in [0.29, 0.717) is 43.7 Å². The highest BCUT2D eigenvalue weighted by Crippen LogP contribution is 2.66. The lowest BCUT2D eigenvalue weighted by molar-refractivity contribution is -0.137. The largest absolute Gasteiger partial charge is 0.417 e.